The van der Waals surface area contributed by atoms with Crippen molar-refractivity contribution >= 4 is 0 Å². The molecule has 6 heteroatoms. The minimum absolute atomic E-state index is 0.108. The summed E-state index contributed by atoms with van der Waals surface area (Å²) < 4.78 is 46.1. The standard InChI is InChI=1S/C13H18F3NO2/c1-10(6-5-9-17-2)18-11-7-3-4-8-12(11)19-13(14,15)16/h3-4,7-8,10,17H,5-6,9H2,1-2H3. The van der Waals surface area contributed by atoms with E-state index in [-0.39, 0.29) is 17.6 Å². The van der Waals surface area contributed by atoms with Gasteiger partial charge in [0.15, 0.2) is 11.5 Å². The molecule has 0 saturated heterocycles. The predicted octanol–water partition coefficient (Wildman–Crippen LogP) is 3.35. The van der Waals surface area contributed by atoms with Crippen molar-refractivity contribution in [3.05, 3.63) is 24.3 Å². The van der Waals surface area contributed by atoms with Gasteiger partial charge in [0.2, 0.25) is 0 Å². The van der Waals surface area contributed by atoms with Crippen molar-refractivity contribution in [2.75, 3.05) is 13.6 Å². The SMILES string of the molecule is CNCCCC(C)Oc1ccccc1OC(F)(F)F. The predicted molar refractivity (Wildman–Crippen MR) is 66.4 cm³/mol. The summed E-state index contributed by atoms with van der Waals surface area (Å²) in [6.07, 6.45) is -3.25. The van der Waals surface area contributed by atoms with Gasteiger partial charge in [0.25, 0.3) is 0 Å². The lowest BCUT2D eigenvalue weighted by molar-refractivity contribution is -0.275. The first kappa shape index (κ1) is 15.6. The molecule has 0 radical (unpaired) electrons. The summed E-state index contributed by atoms with van der Waals surface area (Å²) in [6.45, 7) is 2.66. The van der Waals surface area contributed by atoms with Crippen LogP contribution in [0.2, 0.25) is 0 Å². The van der Waals surface area contributed by atoms with Crippen molar-refractivity contribution in [1.82, 2.24) is 5.32 Å². The third-order valence-corrected chi connectivity index (χ3v) is 2.44. The number of ether oxygens (including phenoxy) is 2. The molecule has 1 atom stereocenters. The highest BCUT2D eigenvalue weighted by atomic mass is 19.4. The van der Waals surface area contributed by atoms with Crippen LogP contribution >= 0.6 is 0 Å². The van der Waals surface area contributed by atoms with Gasteiger partial charge in [-0.05, 0) is 45.5 Å². The highest BCUT2D eigenvalue weighted by molar-refractivity contribution is 5.39. The van der Waals surface area contributed by atoms with Crippen LogP contribution in [0.3, 0.4) is 0 Å². The zero-order valence-corrected chi connectivity index (χ0v) is 11.0. The maximum absolute atomic E-state index is 12.2. The number of hydrogen-bond donors (Lipinski definition) is 1. The molecule has 1 aromatic rings. The van der Waals surface area contributed by atoms with Gasteiger partial charge in [0.05, 0.1) is 6.10 Å². The average molecular weight is 277 g/mol. The molecule has 0 heterocycles. The van der Waals surface area contributed by atoms with E-state index in [0.29, 0.717) is 0 Å². The lowest BCUT2D eigenvalue weighted by atomic mass is 10.2. The minimum Gasteiger partial charge on any atom is -0.487 e. The lowest BCUT2D eigenvalue weighted by Crippen LogP contribution is -2.19. The Bertz CT molecular complexity index is 382. The maximum Gasteiger partial charge on any atom is 0.573 e. The Hall–Kier alpha value is -1.43. The Balaban J connectivity index is 2.62. The normalized spacial score (nSPS) is 13.1. The van der Waals surface area contributed by atoms with Gasteiger partial charge in [0, 0.05) is 0 Å². The van der Waals surface area contributed by atoms with E-state index in [0.717, 1.165) is 19.4 Å². The second-order valence-corrected chi connectivity index (χ2v) is 4.17. The van der Waals surface area contributed by atoms with Gasteiger partial charge >= 0.3 is 6.36 Å². The van der Waals surface area contributed by atoms with Crippen LogP contribution < -0.4 is 14.8 Å². The van der Waals surface area contributed by atoms with E-state index in [1.54, 1.807) is 6.07 Å². The molecule has 1 N–H and O–H groups in total. The Kier molecular flexibility index (Phi) is 5.95. The summed E-state index contributed by atoms with van der Waals surface area (Å²) >= 11 is 0. The van der Waals surface area contributed by atoms with Crippen LogP contribution in [0.1, 0.15) is 19.8 Å². The Morgan fingerprint density at radius 2 is 1.84 bits per heavy atom. The first-order valence-electron chi connectivity index (χ1n) is 6.08. The molecule has 0 amide bonds. The van der Waals surface area contributed by atoms with Crippen LogP contribution in [0.25, 0.3) is 0 Å². The fourth-order valence-corrected chi connectivity index (χ4v) is 1.60. The van der Waals surface area contributed by atoms with Gasteiger partial charge in [-0.15, -0.1) is 13.2 Å². The molecule has 0 saturated carbocycles. The number of alkyl halides is 3. The van der Waals surface area contributed by atoms with E-state index in [1.807, 2.05) is 14.0 Å². The molecule has 0 bridgehead atoms. The minimum atomic E-state index is -4.71. The number of para-hydroxylation sites is 2. The summed E-state index contributed by atoms with van der Waals surface area (Å²) in [5.74, 6) is -0.202. The van der Waals surface area contributed by atoms with E-state index in [2.05, 4.69) is 10.1 Å². The van der Waals surface area contributed by atoms with E-state index in [4.69, 9.17) is 4.74 Å². The van der Waals surface area contributed by atoms with Crippen molar-refractivity contribution in [3.8, 4) is 11.5 Å². The molecule has 0 spiro atoms. The molecule has 19 heavy (non-hydrogen) atoms. The fraction of sp³-hybridized carbons (Fsp3) is 0.538. The van der Waals surface area contributed by atoms with Crippen LogP contribution in [0.4, 0.5) is 13.2 Å². The summed E-state index contributed by atoms with van der Waals surface area (Å²) in [5, 5.41) is 3.00. The number of rotatable bonds is 7. The maximum atomic E-state index is 12.2. The van der Waals surface area contributed by atoms with E-state index in [9.17, 15) is 13.2 Å². The molecule has 108 valence electrons. The monoisotopic (exact) mass is 277 g/mol. The van der Waals surface area contributed by atoms with Crippen molar-refractivity contribution in [3.63, 3.8) is 0 Å². The van der Waals surface area contributed by atoms with Crippen molar-refractivity contribution in [2.45, 2.75) is 32.2 Å². The van der Waals surface area contributed by atoms with Crippen molar-refractivity contribution in [2.24, 2.45) is 0 Å². The summed E-state index contributed by atoms with van der Waals surface area (Å²) in [4.78, 5) is 0. The molecule has 0 aliphatic rings. The summed E-state index contributed by atoms with van der Waals surface area (Å²) in [5.41, 5.74) is 0. The quantitative estimate of drug-likeness (QED) is 0.775. The van der Waals surface area contributed by atoms with E-state index >= 15 is 0 Å². The Labute approximate surface area is 110 Å². The van der Waals surface area contributed by atoms with Crippen molar-refractivity contribution < 1.29 is 22.6 Å². The highest BCUT2D eigenvalue weighted by Crippen LogP contribution is 2.32. The number of benzene rings is 1. The average Bonchev–Trinajstić information content (AvgIpc) is 2.30. The molecule has 0 fully saturated rings. The van der Waals surface area contributed by atoms with Gasteiger partial charge in [0.1, 0.15) is 0 Å². The van der Waals surface area contributed by atoms with Crippen LogP contribution in [0.15, 0.2) is 24.3 Å². The topological polar surface area (TPSA) is 30.5 Å². The number of nitrogens with one attached hydrogen (secondary N) is 1. The Morgan fingerprint density at radius 3 is 2.42 bits per heavy atom. The van der Waals surface area contributed by atoms with E-state index < -0.39 is 6.36 Å². The molecule has 1 aromatic carbocycles. The Morgan fingerprint density at radius 1 is 1.21 bits per heavy atom. The smallest absolute Gasteiger partial charge is 0.487 e. The van der Waals surface area contributed by atoms with Crippen LogP contribution in [-0.2, 0) is 0 Å². The third-order valence-electron chi connectivity index (χ3n) is 2.44. The third kappa shape index (κ3) is 6.33. The second-order valence-electron chi connectivity index (χ2n) is 4.17. The van der Waals surface area contributed by atoms with E-state index in [1.165, 1.54) is 18.2 Å². The first-order valence-corrected chi connectivity index (χ1v) is 6.08. The molecule has 0 aliphatic heterocycles. The van der Waals surface area contributed by atoms with Gasteiger partial charge in [-0.25, -0.2) is 0 Å². The second kappa shape index (κ2) is 7.23. The summed E-state index contributed by atoms with van der Waals surface area (Å²) in [6, 6.07) is 5.79. The molecule has 3 nitrogen and oxygen atoms in total. The molecule has 1 unspecified atom stereocenters. The largest absolute Gasteiger partial charge is 0.573 e. The zero-order valence-electron chi connectivity index (χ0n) is 11.0. The van der Waals surface area contributed by atoms with Gasteiger partial charge in [-0.2, -0.15) is 0 Å². The first-order chi connectivity index (χ1) is 8.92. The van der Waals surface area contributed by atoms with Crippen LogP contribution in [0, 0.1) is 0 Å². The number of halogens is 3. The fourth-order valence-electron chi connectivity index (χ4n) is 1.60. The summed E-state index contributed by atoms with van der Waals surface area (Å²) in [7, 11) is 1.85. The van der Waals surface area contributed by atoms with Crippen LogP contribution in [0.5, 0.6) is 11.5 Å². The van der Waals surface area contributed by atoms with Gasteiger partial charge < -0.3 is 14.8 Å². The van der Waals surface area contributed by atoms with Gasteiger partial charge in [-0.1, -0.05) is 12.1 Å². The lowest BCUT2D eigenvalue weighted by Gasteiger charge is -2.18. The van der Waals surface area contributed by atoms with Crippen LogP contribution in [-0.4, -0.2) is 26.1 Å². The van der Waals surface area contributed by atoms with Gasteiger partial charge in [-0.3, -0.25) is 0 Å². The molecule has 1 rings (SSSR count). The molecular weight excluding hydrogens is 259 g/mol. The molecule has 0 aliphatic carbocycles. The highest BCUT2D eigenvalue weighted by Gasteiger charge is 2.32. The zero-order chi connectivity index (χ0) is 14.3. The van der Waals surface area contributed by atoms with Crippen molar-refractivity contribution in [1.29, 1.82) is 0 Å². The molecular formula is C13H18F3NO2. The molecule has 0 aromatic heterocycles. The number of hydrogen-bond acceptors (Lipinski definition) is 3.